The molecule has 0 saturated carbocycles. The van der Waals surface area contributed by atoms with Crippen LogP contribution in [0.1, 0.15) is 10.4 Å². The Morgan fingerprint density at radius 2 is 2.27 bits per heavy atom. The molecule has 15 heavy (non-hydrogen) atoms. The Morgan fingerprint density at radius 3 is 2.93 bits per heavy atom. The summed E-state index contributed by atoms with van der Waals surface area (Å²) in [5, 5.41) is 1.25. The molecule has 2 rings (SSSR count). The number of hydrogen-bond acceptors (Lipinski definition) is 3. The molecule has 0 fully saturated rings. The number of ether oxygens (including phenoxy) is 1. The summed E-state index contributed by atoms with van der Waals surface area (Å²) >= 11 is 5.23. The Labute approximate surface area is 101 Å². The van der Waals surface area contributed by atoms with Gasteiger partial charge in [-0.15, -0.1) is 11.3 Å². The van der Waals surface area contributed by atoms with Crippen molar-refractivity contribution in [3.05, 3.63) is 33.1 Å². The van der Waals surface area contributed by atoms with E-state index in [-0.39, 0.29) is 0 Å². The third-order valence-electron chi connectivity index (χ3n) is 2.31. The van der Waals surface area contributed by atoms with Gasteiger partial charge in [0.25, 0.3) is 0 Å². The van der Waals surface area contributed by atoms with Crippen molar-refractivity contribution >= 4 is 37.4 Å². The summed E-state index contributed by atoms with van der Waals surface area (Å²) in [4.78, 5) is 1.21. The van der Waals surface area contributed by atoms with Crippen LogP contribution >= 0.6 is 27.3 Å². The van der Waals surface area contributed by atoms with Gasteiger partial charge in [0, 0.05) is 33.3 Å². The average Bonchev–Trinajstić information content (AvgIpc) is 2.57. The van der Waals surface area contributed by atoms with Gasteiger partial charge < -0.3 is 10.5 Å². The summed E-state index contributed by atoms with van der Waals surface area (Å²) in [6.45, 7) is 1.21. The van der Waals surface area contributed by atoms with Crippen molar-refractivity contribution in [3.63, 3.8) is 0 Å². The van der Waals surface area contributed by atoms with Crippen molar-refractivity contribution in [2.24, 2.45) is 5.73 Å². The minimum absolute atomic E-state index is 0.579. The van der Waals surface area contributed by atoms with Crippen LogP contribution in [0.5, 0.6) is 0 Å². The zero-order valence-electron chi connectivity index (χ0n) is 8.42. The molecule has 1 aromatic heterocycles. The molecular weight excluding hydrogens is 274 g/mol. The summed E-state index contributed by atoms with van der Waals surface area (Å²) in [5.74, 6) is 0. The van der Waals surface area contributed by atoms with Gasteiger partial charge in [0.1, 0.15) is 0 Å². The van der Waals surface area contributed by atoms with E-state index >= 15 is 0 Å². The molecule has 2 N–H and O–H groups in total. The first-order valence-electron chi connectivity index (χ1n) is 4.65. The molecule has 1 aromatic carbocycles. The lowest BCUT2D eigenvalue weighted by molar-refractivity contribution is 0.185. The van der Waals surface area contributed by atoms with Crippen LogP contribution in [0.4, 0.5) is 0 Å². The minimum Gasteiger partial charge on any atom is -0.380 e. The van der Waals surface area contributed by atoms with E-state index in [2.05, 4.69) is 34.1 Å². The summed E-state index contributed by atoms with van der Waals surface area (Å²) in [5.41, 5.74) is 6.95. The number of nitrogens with two attached hydrogens (primary N) is 1. The maximum atomic E-state index is 5.73. The van der Waals surface area contributed by atoms with Gasteiger partial charge in [-0.25, -0.2) is 0 Å². The Morgan fingerprint density at radius 1 is 1.47 bits per heavy atom. The molecule has 1 heterocycles. The van der Waals surface area contributed by atoms with Gasteiger partial charge in [-0.05, 0) is 23.6 Å². The van der Waals surface area contributed by atoms with E-state index in [1.165, 1.54) is 20.5 Å². The predicted molar refractivity (Wildman–Crippen MR) is 68.1 cm³/mol. The third kappa shape index (κ3) is 2.08. The fourth-order valence-electron chi connectivity index (χ4n) is 1.64. The van der Waals surface area contributed by atoms with Crippen molar-refractivity contribution in [1.82, 2.24) is 0 Å². The van der Waals surface area contributed by atoms with Gasteiger partial charge in [-0.1, -0.05) is 15.9 Å². The molecule has 0 aliphatic rings. The quantitative estimate of drug-likeness (QED) is 0.940. The van der Waals surface area contributed by atoms with Gasteiger partial charge >= 0.3 is 0 Å². The standard InChI is InChI=1S/C11H12BrNOS/c1-14-6-9-8-4-7(12)2-3-10(8)15-11(9)5-13/h2-4H,5-6,13H2,1H3. The lowest BCUT2D eigenvalue weighted by atomic mass is 10.1. The molecule has 80 valence electrons. The molecule has 0 atom stereocenters. The van der Waals surface area contributed by atoms with Crippen LogP contribution in [0, 0.1) is 0 Å². The molecule has 4 heteroatoms. The summed E-state index contributed by atoms with van der Waals surface area (Å²) in [7, 11) is 1.71. The Balaban J connectivity index is 2.65. The van der Waals surface area contributed by atoms with Crippen LogP contribution in [-0.4, -0.2) is 7.11 Å². The highest BCUT2D eigenvalue weighted by molar-refractivity contribution is 9.10. The smallest absolute Gasteiger partial charge is 0.0730 e. The first kappa shape index (κ1) is 11.1. The van der Waals surface area contributed by atoms with Gasteiger partial charge in [-0.2, -0.15) is 0 Å². The van der Waals surface area contributed by atoms with E-state index in [4.69, 9.17) is 10.5 Å². The van der Waals surface area contributed by atoms with Crippen molar-refractivity contribution in [1.29, 1.82) is 0 Å². The van der Waals surface area contributed by atoms with Gasteiger partial charge in [0.15, 0.2) is 0 Å². The summed E-state index contributed by atoms with van der Waals surface area (Å²) in [6.07, 6.45) is 0. The Bertz CT molecular complexity index is 481. The second kappa shape index (κ2) is 4.61. The number of methoxy groups -OCH3 is 1. The highest BCUT2D eigenvalue weighted by atomic mass is 79.9. The molecule has 0 saturated heterocycles. The van der Waals surface area contributed by atoms with Crippen molar-refractivity contribution in [2.75, 3.05) is 7.11 Å². The molecule has 0 aliphatic carbocycles. The summed E-state index contributed by atoms with van der Waals surface area (Å²) < 4.78 is 7.57. The van der Waals surface area contributed by atoms with Crippen LogP contribution in [0.3, 0.4) is 0 Å². The van der Waals surface area contributed by atoms with Crippen molar-refractivity contribution in [3.8, 4) is 0 Å². The van der Waals surface area contributed by atoms with Crippen LogP contribution in [0.15, 0.2) is 22.7 Å². The largest absolute Gasteiger partial charge is 0.380 e. The number of rotatable bonds is 3. The Kier molecular flexibility index (Phi) is 3.41. The predicted octanol–water partition coefficient (Wildman–Crippen LogP) is 3.27. The number of benzene rings is 1. The second-order valence-corrected chi connectivity index (χ2v) is 5.33. The molecule has 0 bridgehead atoms. The first-order chi connectivity index (χ1) is 7.26. The molecule has 0 radical (unpaired) electrons. The fraction of sp³-hybridized carbons (Fsp3) is 0.273. The van der Waals surface area contributed by atoms with E-state index < -0.39 is 0 Å². The minimum atomic E-state index is 0.579. The van der Waals surface area contributed by atoms with Crippen molar-refractivity contribution in [2.45, 2.75) is 13.2 Å². The monoisotopic (exact) mass is 285 g/mol. The van der Waals surface area contributed by atoms with Gasteiger partial charge in [0.05, 0.1) is 6.61 Å². The highest BCUT2D eigenvalue weighted by Crippen LogP contribution is 2.33. The van der Waals surface area contributed by atoms with E-state index in [1.54, 1.807) is 18.4 Å². The molecule has 0 spiro atoms. The van der Waals surface area contributed by atoms with Crippen LogP contribution < -0.4 is 5.73 Å². The van der Waals surface area contributed by atoms with Gasteiger partial charge in [-0.3, -0.25) is 0 Å². The number of halogens is 1. The van der Waals surface area contributed by atoms with E-state index in [0.29, 0.717) is 13.2 Å². The molecule has 2 aromatic rings. The summed E-state index contributed by atoms with van der Waals surface area (Å²) in [6, 6.07) is 6.29. The third-order valence-corrected chi connectivity index (χ3v) is 4.04. The molecule has 0 amide bonds. The average molecular weight is 286 g/mol. The second-order valence-electron chi connectivity index (χ2n) is 3.28. The zero-order valence-corrected chi connectivity index (χ0v) is 10.8. The van der Waals surface area contributed by atoms with E-state index in [9.17, 15) is 0 Å². The molecular formula is C11H12BrNOS. The fourth-order valence-corrected chi connectivity index (χ4v) is 3.07. The van der Waals surface area contributed by atoms with Crippen LogP contribution in [0.25, 0.3) is 10.1 Å². The van der Waals surface area contributed by atoms with Gasteiger partial charge in [0.2, 0.25) is 0 Å². The topological polar surface area (TPSA) is 35.2 Å². The van der Waals surface area contributed by atoms with E-state index in [1.807, 2.05) is 0 Å². The first-order valence-corrected chi connectivity index (χ1v) is 6.26. The maximum absolute atomic E-state index is 5.73. The molecule has 0 aliphatic heterocycles. The Hall–Kier alpha value is -0.420. The molecule has 2 nitrogen and oxygen atoms in total. The van der Waals surface area contributed by atoms with Crippen LogP contribution in [0.2, 0.25) is 0 Å². The lowest BCUT2D eigenvalue weighted by Gasteiger charge is -2.01. The normalized spacial score (nSPS) is 11.1. The maximum Gasteiger partial charge on any atom is 0.0730 e. The van der Waals surface area contributed by atoms with Crippen LogP contribution in [-0.2, 0) is 17.9 Å². The number of hydrogen-bond donors (Lipinski definition) is 1. The van der Waals surface area contributed by atoms with E-state index in [0.717, 1.165) is 4.47 Å². The zero-order chi connectivity index (χ0) is 10.8. The van der Waals surface area contributed by atoms with Crippen molar-refractivity contribution < 1.29 is 4.74 Å². The SMILES string of the molecule is COCc1c(CN)sc2ccc(Br)cc12. The highest BCUT2D eigenvalue weighted by Gasteiger charge is 2.10. The lowest BCUT2D eigenvalue weighted by Crippen LogP contribution is -1.98. The molecule has 0 unspecified atom stereocenters. The number of thiophene rings is 1. The number of fused-ring (bicyclic) bond motifs is 1.